The van der Waals surface area contributed by atoms with E-state index in [-0.39, 0.29) is 0 Å². The largest absolute Gasteiger partial charge is 0.507 e. The Balaban J connectivity index is 1.93. The van der Waals surface area contributed by atoms with E-state index in [4.69, 9.17) is 0 Å². The monoisotopic (exact) mass is 302 g/mol. The zero-order valence-electron chi connectivity index (χ0n) is 13.9. The summed E-state index contributed by atoms with van der Waals surface area (Å²) < 4.78 is 0. The number of benzene rings is 1. The van der Waals surface area contributed by atoms with Crippen LogP contribution in [0, 0.1) is 5.92 Å². The summed E-state index contributed by atoms with van der Waals surface area (Å²) in [5.74, 6) is 1.25. The zero-order chi connectivity index (χ0) is 15.4. The SMILES string of the molecule is CCc1cccc([C@@H](C2CCCCC2)N2CCNCC2)c1O. The van der Waals surface area contributed by atoms with Crippen LogP contribution in [0.25, 0.3) is 0 Å². The minimum absolute atomic E-state index is 0.397. The molecule has 3 heteroatoms. The first kappa shape index (κ1) is 15.8. The Bertz CT molecular complexity index is 458. The van der Waals surface area contributed by atoms with Gasteiger partial charge < -0.3 is 10.4 Å². The fourth-order valence-electron chi connectivity index (χ4n) is 4.29. The van der Waals surface area contributed by atoms with Gasteiger partial charge >= 0.3 is 0 Å². The Morgan fingerprint density at radius 2 is 1.91 bits per heavy atom. The molecule has 1 aromatic rings. The van der Waals surface area contributed by atoms with Gasteiger partial charge in [0.1, 0.15) is 5.75 Å². The molecule has 0 radical (unpaired) electrons. The van der Waals surface area contributed by atoms with E-state index in [2.05, 4.69) is 35.3 Å². The molecule has 0 amide bonds. The highest BCUT2D eigenvalue weighted by Crippen LogP contribution is 2.42. The number of para-hydroxylation sites is 1. The average molecular weight is 302 g/mol. The molecule has 1 aromatic carbocycles. The zero-order valence-corrected chi connectivity index (χ0v) is 13.9. The van der Waals surface area contributed by atoms with Crippen molar-refractivity contribution in [1.29, 1.82) is 0 Å². The van der Waals surface area contributed by atoms with E-state index in [9.17, 15) is 5.11 Å². The second kappa shape index (κ2) is 7.47. The van der Waals surface area contributed by atoms with E-state index >= 15 is 0 Å². The standard InChI is InChI=1S/C19H30N2O/c1-2-15-9-6-10-17(19(15)22)18(16-7-4-3-5-8-16)21-13-11-20-12-14-21/h6,9-10,16,18,20,22H,2-5,7-8,11-14H2,1H3/t18-/m1/s1. The van der Waals surface area contributed by atoms with Crippen molar-refractivity contribution < 1.29 is 5.11 Å². The Labute approximate surface area is 134 Å². The van der Waals surface area contributed by atoms with Crippen LogP contribution < -0.4 is 5.32 Å². The van der Waals surface area contributed by atoms with Crippen molar-refractivity contribution in [1.82, 2.24) is 10.2 Å². The van der Waals surface area contributed by atoms with Crippen LogP contribution in [0.5, 0.6) is 5.75 Å². The van der Waals surface area contributed by atoms with Crippen LogP contribution in [0.2, 0.25) is 0 Å². The normalized spacial score (nSPS) is 22.6. The molecule has 0 bridgehead atoms. The fraction of sp³-hybridized carbons (Fsp3) is 0.684. The van der Waals surface area contributed by atoms with Crippen molar-refractivity contribution in [2.75, 3.05) is 26.2 Å². The minimum atomic E-state index is 0.397. The maximum absolute atomic E-state index is 10.8. The maximum atomic E-state index is 10.8. The summed E-state index contributed by atoms with van der Waals surface area (Å²) in [6.07, 6.45) is 7.60. The molecule has 0 unspecified atom stereocenters. The minimum Gasteiger partial charge on any atom is -0.507 e. The summed E-state index contributed by atoms with van der Waals surface area (Å²) >= 11 is 0. The summed E-state index contributed by atoms with van der Waals surface area (Å²) in [6, 6.07) is 6.75. The van der Waals surface area contributed by atoms with Gasteiger partial charge in [-0.05, 0) is 30.7 Å². The molecule has 3 nitrogen and oxygen atoms in total. The second-order valence-corrected chi connectivity index (χ2v) is 6.84. The highest BCUT2D eigenvalue weighted by Gasteiger charge is 2.32. The predicted octanol–water partition coefficient (Wildman–Crippen LogP) is 3.48. The molecule has 1 aliphatic heterocycles. The molecule has 2 aliphatic rings. The average Bonchev–Trinajstić information content (AvgIpc) is 2.59. The van der Waals surface area contributed by atoms with E-state index in [1.807, 2.05) is 0 Å². The van der Waals surface area contributed by atoms with Gasteiger partial charge in [-0.2, -0.15) is 0 Å². The lowest BCUT2D eigenvalue weighted by Gasteiger charge is -2.41. The van der Waals surface area contributed by atoms with E-state index < -0.39 is 0 Å². The molecular formula is C19H30N2O. The number of hydrogen-bond acceptors (Lipinski definition) is 3. The molecule has 1 aliphatic carbocycles. The van der Waals surface area contributed by atoms with Crippen LogP contribution in [0.3, 0.4) is 0 Å². The predicted molar refractivity (Wildman–Crippen MR) is 91.2 cm³/mol. The number of aromatic hydroxyl groups is 1. The Kier molecular flexibility index (Phi) is 5.37. The summed E-state index contributed by atoms with van der Waals surface area (Å²) in [6.45, 7) is 6.45. The van der Waals surface area contributed by atoms with Crippen LogP contribution in [-0.2, 0) is 6.42 Å². The van der Waals surface area contributed by atoms with Gasteiger partial charge in [0.05, 0.1) is 0 Å². The van der Waals surface area contributed by atoms with Crippen LogP contribution in [0.15, 0.2) is 18.2 Å². The highest BCUT2D eigenvalue weighted by atomic mass is 16.3. The number of hydrogen-bond donors (Lipinski definition) is 2. The third-order valence-electron chi connectivity index (χ3n) is 5.49. The molecule has 1 saturated heterocycles. The molecule has 3 rings (SSSR count). The number of phenols is 1. The molecule has 1 saturated carbocycles. The molecule has 0 spiro atoms. The van der Waals surface area contributed by atoms with Crippen molar-refractivity contribution in [2.45, 2.75) is 51.5 Å². The van der Waals surface area contributed by atoms with Gasteiger partial charge in [0, 0.05) is 37.8 Å². The van der Waals surface area contributed by atoms with Crippen LogP contribution in [-0.4, -0.2) is 36.2 Å². The number of phenolic OH excluding ortho intramolecular Hbond substituents is 1. The van der Waals surface area contributed by atoms with Crippen LogP contribution in [0.1, 0.15) is 56.2 Å². The lowest BCUT2D eigenvalue weighted by Crippen LogP contribution is -2.47. The molecule has 0 aromatic heterocycles. The highest BCUT2D eigenvalue weighted by molar-refractivity contribution is 5.42. The van der Waals surface area contributed by atoms with Crippen molar-refractivity contribution in [3.05, 3.63) is 29.3 Å². The molecular weight excluding hydrogens is 272 g/mol. The Hall–Kier alpha value is -1.06. The van der Waals surface area contributed by atoms with Gasteiger partial charge in [0.25, 0.3) is 0 Å². The Morgan fingerprint density at radius 3 is 2.59 bits per heavy atom. The van der Waals surface area contributed by atoms with Gasteiger partial charge in [0.2, 0.25) is 0 Å². The lowest BCUT2D eigenvalue weighted by molar-refractivity contribution is 0.101. The first-order valence-electron chi connectivity index (χ1n) is 9.06. The third-order valence-corrected chi connectivity index (χ3v) is 5.49. The van der Waals surface area contributed by atoms with E-state index in [1.54, 1.807) is 0 Å². The summed E-state index contributed by atoms with van der Waals surface area (Å²) in [5, 5.41) is 14.2. The molecule has 2 fully saturated rings. The summed E-state index contributed by atoms with van der Waals surface area (Å²) in [4.78, 5) is 2.61. The first-order valence-corrected chi connectivity index (χ1v) is 9.06. The lowest BCUT2D eigenvalue weighted by atomic mass is 9.79. The first-order chi connectivity index (χ1) is 10.8. The van der Waals surface area contributed by atoms with Crippen molar-refractivity contribution >= 4 is 0 Å². The number of rotatable bonds is 4. The smallest absolute Gasteiger partial charge is 0.123 e. The van der Waals surface area contributed by atoms with E-state index in [1.165, 1.54) is 37.7 Å². The second-order valence-electron chi connectivity index (χ2n) is 6.84. The number of piperazine rings is 1. The number of nitrogens with one attached hydrogen (secondary N) is 1. The topological polar surface area (TPSA) is 35.5 Å². The molecule has 122 valence electrons. The number of nitrogens with zero attached hydrogens (tertiary/aromatic N) is 1. The van der Waals surface area contributed by atoms with Crippen molar-refractivity contribution in [2.24, 2.45) is 5.92 Å². The number of aryl methyl sites for hydroxylation is 1. The van der Waals surface area contributed by atoms with Gasteiger partial charge in [-0.15, -0.1) is 0 Å². The van der Waals surface area contributed by atoms with E-state index in [0.29, 0.717) is 17.7 Å². The van der Waals surface area contributed by atoms with Crippen LogP contribution >= 0.6 is 0 Å². The van der Waals surface area contributed by atoms with Gasteiger partial charge in [-0.25, -0.2) is 0 Å². The van der Waals surface area contributed by atoms with Gasteiger partial charge in [-0.3, -0.25) is 4.90 Å². The quantitative estimate of drug-likeness (QED) is 0.894. The Morgan fingerprint density at radius 1 is 1.18 bits per heavy atom. The van der Waals surface area contributed by atoms with Crippen LogP contribution in [0.4, 0.5) is 0 Å². The summed E-state index contributed by atoms with van der Waals surface area (Å²) in [5.41, 5.74) is 2.27. The molecule has 2 N–H and O–H groups in total. The molecule has 1 atom stereocenters. The summed E-state index contributed by atoms with van der Waals surface area (Å²) in [7, 11) is 0. The maximum Gasteiger partial charge on any atom is 0.123 e. The van der Waals surface area contributed by atoms with Crippen molar-refractivity contribution in [3.8, 4) is 5.75 Å². The van der Waals surface area contributed by atoms with Gasteiger partial charge in [-0.1, -0.05) is 44.4 Å². The van der Waals surface area contributed by atoms with Crippen molar-refractivity contribution in [3.63, 3.8) is 0 Å². The molecule has 22 heavy (non-hydrogen) atoms. The third kappa shape index (κ3) is 3.31. The molecule has 1 heterocycles. The van der Waals surface area contributed by atoms with E-state index in [0.717, 1.165) is 38.2 Å². The van der Waals surface area contributed by atoms with Gasteiger partial charge in [0.15, 0.2) is 0 Å². The fourth-order valence-corrected chi connectivity index (χ4v) is 4.29.